The predicted molar refractivity (Wildman–Crippen MR) is 103 cm³/mol. The van der Waals surface area contributed by atoms with Crippen molar-refractivity contribution in [2.75, 3.05) is 31.6 Å². The van der Waals surface area contributed by atoms with Gasteiger partial charge in [-0.05, 0) is 51.9 Å². The van der Waals surface area contributed by atoms with Gasteiger partial charge < -0.3 is 10.1 Å². The summed E-state index contributed by atoms with van der Waals surface area (Å²) >= 11 is 0. The zero-order valence-corrected chi connectivity index (χ0v) is 15.9. The third-order valence-corrected chi connectivity index (χ3v) is 5.48. The van der Waals surface area contributed by atoms with Gasteiger partial charge in [0.15, 0.2) is 5.82 Å². The van der Waals surface area contributed by atoms with Crippen LogP contribution in [0.3, 0.4) is 0 Å². The Kier molecular flexibility index (Phi) is 5.10. The van der Waals surface area contributed by atoms with E-state index in [9.17, 15) is 0 Å². The lowest BCUT2D eigenvalue weighted by Crippen LogP contribution is -2.51. The minimum absolute atomic E-state index is 0.298. The number of aromatic nitrogens is 3. The van der Waals surface area contributed by atoms with Crippen molar-refractivity contribution in [3.8, 4) is 6.07 Å². The highest BCUT2D eigenvalue weighted by Gasteiger charge is 2.31. The maximum absolute atomic E-state index is 9.06. The summed E-state index contributed by atoms with van der Waals surface area (Å²) < 4.78 is 7.46. The van der Waals surface area contributed by atoms with E-state index in [4.69, 9.17) is 15.1 Å². The number of nitrogens with zero attached hydrogens (tertiary/aromatic N) is 5. The molecule has 2 fully saturated rings. The van der Waals surface area contributed by atoms with Gasteiger partial charge in [-0.1, -0.05) is 0 Å². The minimum atomic E-state index is 0.298. The molecule has 7 heteroatoms. The fourth-order valence-electron chi connectivity index (χ4n) is 3.88. The van der Waals surface area contributed by atoms with Crippen LogP contribution in [0.4, 0.5) is 11.6 Å². The molecule has 142 valence electrons. The number of likely N-dealkylation sites (tertiary alicyclic amines) is 1. The third-order valence-electron chi connectivity index (χ3n) is 5.48. The van der Waals surface area contributed by atoms with Crippen molar-refractivity contribution in [3.63, 3.8) is 0 Å². The van der Waals surface area contributed by atoms with E-state index in [0.717, 1.165) is 45.0 Å². The summed E-state index contributed by atoms with van der Waals surface area (Å²) in [5.74, 6) is 1.95. The molecule has 2 aliphatic rings. The second-order valence-electron chi connectivity index (χ2n) is 7.66. The van der Waals surface area contributed by atoms with E-state index < -0.39 is 0 Å². The highest BCUT2D eigenvalue weighted by atomic mass is 16.5. The van der Waals surface area contributed by atoms with Crippen LogP contribution < -0.4 is 5.32 Å². The molecule has 2 saturated heterocycles. The lowest BCUT2D eigenvalue weighted by atomic mass is 9.92. The summed E-state index contributed by atoms with van der Waals surface area (Å²) in [6.45, 7) is 8.34. The summed E-state index contributed by atoms with van der Waals surface area (Å²) in [6, 6.07) is 8.65. The maximum Gasteiger partial charge on any atom is 0.153 e. The van der Waals surface area contributed by atoms with Crippen molar-refractivity contribution in [2.45, 2.75) is 44.7 Å². The SMILES string of the molecule is CC(C)n1nc(Nc2cc(C#N)ccn2)cc1C1CCN(C2COC2)CC1. The van der Waals surface area contributed by atoms with Gasteiger partial charge in [-0.25, -0.2) is 4.98 Å². The van der Waals surface area contributed by atoms with Gasteiger partial charge in [0.25, 0.3) is 0 Å². The predicted octanol–water partition coefficient (Wildman–Crippen LogP) is 3.05. The molecule has 2 aromatic rings. The molecule has 0 amide bonds. The second kappa shape index (κ2) is 7.67. The number of hydrogen-bond donors (Lipinski definition) is 1. The minimum Gasteiger partial charge on any atom is -0.378 e. The zero-order chi connectivity index (χ0) is 18.8. The van der Waals surface area contributed by atoms with Crippen molar-refractivity contribution in [2.24, 2.45) is 0 Å². The van der Waals surface area contributed by atoms with E-state index in [-0.39, 0.29) is 0 Å². The molecule has 27 heavy (non-hydrogen) atoms. The average molecular weight is 366 g/mol. The summed E-state index contributed by atoms with van der Waals surface area (Å²) in [5, 5.41) is 17.1. The van der Waals surface area contributed by atoms with Gasteiger partial charge in [0.1, 0.15) is 5.82 Å². The summed E-state index contributed by atoms with van der Waals surface area (Å²) in [5.41, 5.74) is 1.87. The molecule has 0 radical (unpaired) electrons. The molecule has 4 heterocycles. The molecule has 0 aliphatic carbocycles. The van der Waals surface area contributed by atoms with Crippen LogP contribution in [0.25, 0.3) is 0 Å². The van der Waals surface area contributed by atoms with E-state index >= 15 is 0 Å². The van der Waals surface area contributed by atoms with Crippen LogP contribution in [0, 0.1) is 11.3 Å². The summed E-state index contributed by atoms with van der Waals surface area (Å²) in [4.78, 5) is 6.86. The monoisotopic (exact) mass is 366 g/mol. The fourth-order valence-corrected chi connectivity index (χ4v) is 3.88. The molecule has 0 aromatic carbocycles. The van der Waals surface area contributed by atoms with Crippen LogP contribution in [-0.4, -0.2) is 52.0 Å². The topological polar surface area (TPSA) is 79.0 Å². The number of anilines is 2. The van der Waals surface area contributed by atoms with Crippen LogP contribution in [0.1, 0.15) is 49.9 Å². The van der Waals surface area contributed by atoms with E-state index in [1.807, 2.05) is 0 Å². The highest BCUT2D eigenvalue weighted by Crippen LogP contribution is 2.33. The molecule has 4 rings (SSSR count). The van der Waals surface area contributed by atoms with Gasteiger partial charge >= 0.3 is 0 Å². The van der Waals surface area contributed by atoms with Crippen molar-refractivity contribution in [3.05, 3.63) is 35.7 Å². The first-order valence-corrected chi connectivity index (χ1v) is 9.68. The Hall–Kier alpha value is -2.43. The van der Waals surface area contributed by atoms with Crippen LogP contribution in [0.15, 0.2) is 24.4 Å². The number of rotatable bonds is 5. The Morgan fingerprint density at radius 1 is 1.22 bits per heavy atom. The van der Waals surface area contributed by atoms with Crippen molar-refractivity contribution >= 4 is 11.6 Å². The number of hydrogen-bond acceptors (Lipinski definition) is 6. The summed E-state index contributed by atoms with van der Waals surface area (Å²) in [6.07, 6.45) is 3.94. The lowest BCUT2D eigenvalue weighted by Gasteiger charge is -2.41. The Balaban J connectivity index is 1.50. The van der Waals surface area contributed by atoms with Gasteiger partial charge in [0, 0.05) is 29.9 Å². The van der Waals surface area contributed by atoms with E-state index in [0.29, 0.717) is 29.4 Å². The first-order chi connectivity index (χ1) is 13.1. The second-order valence-corrected chi connectivity index (χ2v) is 7.66. The van der Waals surface area contributed by atoms with Gasteiger partial charge in [0.2, 0.25) is 0 Å². The number of piperidine rings is 1. The fraction of sp³-hybridized carbons (Fsp3) is 0.550. The van der Waals surface area contributed by atoms with Crippen LogP contribution >= 0.6 is 0 Å². The van der Waals surface area contributed by atoms with Crippen molar-refractivity contribution in [1.82, 2.24) is 19.7 Å². The smallest absolute Gasteiger partial charge is 0.153 e. The van der Waals surface area contributed by atoms with Crippen LogP contribution in [0.5, 0.6) is 0 Å². The normalized spacial score (nSPS) is 19.0. The molecular weight excluding hydrogens is 340 g/mol. The molecule has 0 bridgehead atoms. The maximum atomic E-state index is 9.06. The molecule has 0 spiro atoms. The molecule has 0 unspecified atom stereocenters. The van der Waals surface area contributed by atoms with Crippen molar-refractivity contribution < 1.29 is 4.74 Å². The first-order valence-electron chi connectivity index (χ1n) is 9.68. The Bertz CT molecular complexity index is 827. The van der Waals surface area contributed by atoms with Gasteiger partial charge in [-0.3, -0.25) is 9.58 Å². The molecule has 1 N–H and O–H groups in total. The molecular formula is C20H26N6O. The molecule has 7 nitrogen and oxygen atoms in total. The Morgan fingerprint density at radius 3 is 2.63 bits per heavy atom. The number of nitriles is 1. The van der Waals surface area contributed by atoms with Gasteiger partial charge in [0.05, 0.1) is 30.9 Å². The van der Waals surface area contributed by atoms with Gasteiger partial charge in [-0.15, -0.1) is 0 Å². The molecule has 2 aliphatic heterocycles. The van der Waals surface area contributed by atoms with E-state index in [2.05, 4.69) is 45.9 Å². The van der Waals surface area contributed by atoms with Gasteiger partial charge in [-0.2, -0.15) is 10.4 Å². The van der Waals surface area contributed by atoms with Crippen LogP contribution in [-0.2, 0) is 4.74 Å². The van der Waals surface area contributed by atoms with Crippen molar-refractivity contribution in [1.29, 1.82) is 5.26 Å². The average Bonchev–Trinajstić information content (AvgIpc) is 3.05. The third kappa shape index (κ3) is 3.82. The Morgan fingerprint density at radius 2 is 2.00 bits per heavy atom. The standard InChI is InChI=1S/C20H26N6O/c1-14(2)26-18(16-4-7-25(8-5-16)17-12-27-13-17)10-20(24-26)23-19-9-15(11-21)3-6-22-19/h3,6,9-10,14,16-17H,4-5,7-8,12-13H2,1-2H3,(H,22,23,24). The molecule has 0 atom stereocenters. The largest absolute Gasteiger partial charge is 0.378 e. The van der Waals surface area contributed by atoms with E-state index in [1.165, 1.54) is 5.69 Å². The number of nitrogens with one attached hydrogen (secondary N) is 1. The number of ether oxygens (including phenoxy) is 1. The van der Waals surface area contributed by atoms with E-state index in [1.54, 1.807) is 18.3 Å². The summed E-state index contributed by atoms with van der Waals surface area (Å²) in [7, 11) is 0. The molecule has 0 saturated carbocycles. The first kappa shape index (κ1) is 18.0. The lowest BCUT2D eigenvalue weighted by molar-refractivity contribution is -0.0714. The van der Waals surface area contributed by atoms with Crippen LogP contribution in [0.2, 0.25) is 0 Å². The highest BCUT2D eigenvalue weighted by molar-refractivity contribution is 5.54. The number of pyridine rings is 1. The molecule has 2 aromatic heterocycles. The Labute approximate surface area is 159 Å². The quantitative estimate of drug-likeness (QED) is 0.876. The zero-order valence-electron chi connectivity index (χ0n) is 15.9.